The molecule has 0 atom stereocenters. The van der Waals surface area contributed by atoms with Crippen LogP contribution in [0.1, 0.15) is 20.3 Å². The number of carbonyl (C=O) groups excluding carboxylic acids is 1. The lowest BCUT2D eigenvalue weighted by atomic mass is 10.4. The first-order valence-electron chi connectivity index (χ1n) is 5.74. The monoisotopic (exact) mass is 240 g/mol. The Morgan fingerprint density at radius 1 is 1.59 bits per heavy atom. The maximum Gasteiger partial charge on any atom is 0.320 e. The molecule has 2 N–H and O–H groups in total. The minimum atomic E-state index is -0.224. The lowest BCUT2D eigenvalue weighted by Crippen LogP contribution is -2.30. The zero-order valence-electron chi connectivity index (χ0n) is 10.6. The summed E-state index contributed by atoms with van der Waals surface area (Å²) in [4.78, 5) is 11.5. The Bertz CT molecular complexity index is 349. The number of hydrogen-bond donors (Lipinski definition) is 2. The van der Waals surface area contributed by atoms with Crippen LogP contribution in [0.5, 0.6) is 0 Å². The second-order valence-corrected chi connectivity index (χ2v) is 3.99. The zero-order chi connectivity index (χ0) is 12.7. The number of carbonyl (C=O) groups is 1. The van der Waals surface area contributed by atoms with E-state index in [-0.39, 0.29) is 12.1 Å². The fourth-order valence-corrected chi connectivity index (χ4v) is 1.25. The third-order valence-corrected chi connectivity index (χ3v) is 2.12. The summed E-state index contributed by atoms with van der Waals surface area (Å²) >= 11 is 0. The van der Waals surface area contributed by atoms with Crippen molar-refractivity contribution in [2.45, 2.75) is 26.4 Å². The van der Waals surface area contributed by atoms with Crippen LogP contribution in [-0.4, -0.2) is 35.1 Å². The number of nitrogens with one attached hydrogen (secondary N) is 2. The molecule has 6 nitrogen and oxygen atoms in total. The van der Waals surface area contributed by atoms with Crippen LogP contribution in [0.25, 0.3) is 0 Å². The lowest BCUT2D eigenvalue weighted by molar-refractivity contribution is 0.0775. The van der Waals surface area contributed by atoms with Crippen molar-refractivity contribution in [3.8, 4) is 0 Å². The van der Waals surface area contributed by atoms with Crippen molar-refractivity contribution in [3.63, 3.8) is 0 Å². The number of rotatable bonds is 6. The molecule has 0 spiro atoms. The number of hydrogen-bond acceptors (Lipinski definition) is 3. The van der Waals surface area contributed by atoms with Crippen molar-refractivity contribution in [3.05, 3.63) is 12.3 Å². The topological polar surface area (TPSA) is 68.2 Å². The summed E-state index contributed by atoms with van der Waals surface area (Å²) in [5, 5.41) is 9.40. The van der Waals surface area contributed by atoms with Crippen molar-refractivity contribution < 1.29 is 9.53 Å². The van der Waals surface area contributed by atoms with Gasteiger partial charge in [-0.25, -0.2) is 4.79 Å². The molecule has 0 aliphatic heterocycles. The van der Waals surface area contributed by atoms with Crippen LogP contribution in [0.2, 0.25) is 0 Å². The van der Waals surface area contributed by atoms with Crippen molar-refractivity contribution in [2.75, 3.05) is 18.5 Å². The van der Waals surface area contributed by atoms with Gasteiger partial charge in [0.15, 0.2) is 0 Å². The van der Waals surface area contributed by atoms with E-state index in [4.69, 9.17) is 4.74 Å². The molecule has 0 aromatic carbocycles. The van der Waals surface area contributed by atoms with Crippen LogP contribution in [0.15, 0.2) is 12.3 Å². The van der Waals surface area contributed by atoms with Gasteiger partial charge >= 0.3 is 6.03 Å². The lowest BCUT2D eigenvalue weighted by Gasteiger charge is -2.09. The molecule has 1 aromatic heterocycles. The minimum absolute atomic E-state index is 0.224. The van der Waals surface area contributed by atoms with Gasteiger partial charge in [0.2, 0.25) is 0 Å². The number of amides is 2. The fourth-order valence-electron chi connectivity index (χ4n) is 1.25. The largest absolute Gasteiger partial charge is 0.379 e. The van der Waals surface area contributed by atoms with Crippen LogP contribution in [0.3, 0.4) is 0 Å². The van der Waals surface area contributed by atoms with E-state index in [1.54, 1.807) is 24.0 Å². The molecule has 0 fully saturated rings. The van der Waals surface area contributed by atoms with E-state index < -0.39 is 0 Å². The summed E-state index contributed by atoms with van der Waals surface area (Å²) in [5.41, 5.74) is 0. The van der Waals surface area contributed by atoms with Crippen molar-refractivity contribution in [1.29, 1.82) is 0 Å². The van der Waals surface area contributed by atoms with Crippen LogP contribution >= 0.6 is 0 Å². The molecule has 0 unspecified atom stereocenters. The third-order valence-electron chi connectivity index (χ3n) is 2.12. The minimum Gasteiger partial charge on any atom is -0.379 e. The maximum absolute atomic E-state index is 11.5. The van der Waals surface area contributed by atoms with E-state index in [1.165, 1.54) is 0 Å². The van der Waals surface area contributed by atoms with Crippen molar-refractivity contribution >= 4 is 11.8 Å². The van der Waals surface area contributed by atoms with Gasteiger partial charge in [-0.05, 0) is 20.3 Å². The van der Waals surface area contributed by atoms with Gasteiger partial charge in [-0.1, -0.05) is 0 Å². The molecule has 0 radical (unpaired) electrons. The second-order valence-electron chi connectivity index (χ2n) is 3.99. The Balaban J connectivity index is 2.12. The zero-order valence-corrected chi connectivity index (χ0v) is 10.6. The van der Waals surface area contributed by atoms with Gasteiger partial charge in [-0.2, -0.15) is 5.10 Å². The third kappa shape index (κ3) is 5.35. The highest BCUT2D eigenvalue weighted by atomic mass is 16.5. The molecule has 0 aliphatic rings. The Morgan fingerprint density at radius 3 is 2.94 bits per heavy atom. The average Bonchev–Trinajstić information content (AvgIpc) is 2.63. The van der Waals surface area contributed by atoms with E-state index in [0.29, 0.717) is 19.0 Å². The number of anilines is 1. The molecule has 1 rings (SSSR count). The number of urea groups is 1. The van der Waals surface area contributed by atoms with Crippen molar-refractivity contribution in [1.82, 2.24) is 15.1 Å². The highest BCUT2D eigenvalue weighted by Gasteiger charge is 2.03. The maximum atomic E-state index is 11.5. The van der Waals surface area contributed by atoms with Crippen LogP contribution in [-0.2, 0) is 11.8 Å². The standard InChI is InChI=1S/C11H20N4O2/c1-9(2)17-8-4-6-12-11(16)14-10-5-7-13-15(10)3/h5,7,9H,4,6,8H2,1-3H3,(H2,12,14,16). The Hall–Kier alpha value is -1.56. The Labute approximate surface area is 101 Å². The van der Waals surface area contributed by atoms with Gasteiger partial charge in [-0.3, -0.25) is 10.00 Å². The number of nitrogens with zero attached hydrogens (tertiary/aromatic N) is 2. The summed E-state index contributed by atoms with van der Waals surface area (Å²) in [7, 11) is 1.77. The average molecular weight is 240 g/mol. The van der Waals surface area contributed by atoms with E-state index in [0.717, 1.165) is 6.42 Å². The second kappa shape index (κ2) is 6.90. The van der Waals surface area contributed by atoms with Crippen LogP contribution in [0.4, 0.5) is 10.6 Å². The normalized spacial score (nSPS) is 10.6. The predicted molar refractivity (Wildman–Crippen MR) is 65.9 cm³/mol. The molecular formula is C11H20N4O2. The quantitative estimate of drug-likeness (QED) is 0.738. The molecule has 1 heterocycles. The number of ether oxygens (including phenoxy) is 1. The van der Waals surface area contributed by atoms with E-state index in [9.17, 15) is 4.79 Å². The van der Waals surface area contributed by atoms with Crippen LogP contribution < -0.4 is 10.6 Å². The molecular weight excluding hydrogens is 220 g/mol. The number of aryl methyl sites for hydroxylation is 1. The highest BCUT2D eigenvalue weighted by molar-refractivity contribution is 5.88. The van der Waals surface area contributed by atoms with Gasteiger partial charge in [0.25, 0.3) is 0 Å². The first-order valence-corrected chi connectivity index (χ1v) is 5.74. The molecule has 0 bridgehead atoms. The summed E-state index contributed by atoms with van der Waals surface area (Å²) in [6, 6.07) is 1.51. The molecule has 96 valence electrons. The van der Waals surface area contributed by atoms with Crippen LogP contribution in [0, 0.1) is 0 Å². The molecule has 0 saturated heterocycles. The molecule has 2 amide bonds. The molecule has 17 heavy (non-hydrogen) atoms. The van der Waals surface area contributed by atoms with E-state index >= 15 is 0 Å². The van der Waals surface area contributed by atoms with Gasteiger partial charge in [0.05, 0.1) is 12.3 Å². The summed E-state index contributed by atoms with van der Waals surface area (Å²) in [6.07, 6.45) is 2.67. The van der Waals surface area contributed by atoms with Gasteiger partial charge in [0.1, 0.15) is 5.82 Å². The Kier molecular flexibility index (Phi) is 5.48. The van der Waals surface area contributed by atoms with Gasteiger partial charge in [0, 0.05) is 26.3 Å². The summed E-state index contributed by atoms with van der Waals surface area (Å²) in [5.74, 6) is 0.668. The van der Waals surface area contributed by atoms with E-state index in [2.05, 4.69) is 15.7 Å². The Morgan fingerprint density at radius 2 is 2.35 bits per heavy atom. The first-order chi connectivity index (χ1) is 8.09. The SMILES string of the molecule is CC(C)OCCCNC(=O)Nc1ccnn1C. The molecule has 0 aliphatic carbocycles. The molecule has 1 aromatic rings. The molecule has 6 heteroatoms. The predicted octanol–water partition coefficient (Wildman–Crippen LogP) is 1.36. The molecule has 0 saturated carbocycles. The number of aromatic nitrogens is 2. The highest BCUT2D eigenvalue weighted by Crippen LogP contribution is 2.02. The summed E-state index contributed by atoms with van der Waals surface area (Å²) in [6.45, 7) is 5.23. The smallest absolute Gasteiger partial charge is 0.320 e. The summed E-state index contributed by atoms with van der Waals surface area (Å²) < 4.78 is 6.96. The first kappa shape index (κ1) is 13.5. The fraction of sp³-hybridized carbons (Fsp3) is 0.636. The van der Waals surface area contributed by atoms with Crippen molar-refractivity contribution in [2.24, 2.45) is 7.05 Å². The van der Waals surface area contributed by atoms with E-state index in [1.807, 2.05) is 13.8 Å². The van der Waals surface area contributed by atoms with Gasteiger partial charge in [-0.15, -0.1) is 0 Å². The van der Waals surface area contributed by atoms with Gasteiger partial charge < -0.3 is 10.1 Å².